The number of hydrogen-bond donors (Lipinski definition) is 2. The van der Waals surface area contributed by atoms with Crippen LogP contribution in [0.1, 0.15) is 5.56 Å². The molecule has 1 aromatic carbocycles. The van der Waals surface area contributed by atoms with Crippen LogP contribution in [0.5, 0.6) is 17.2 Å². The van der Waals surface area contributed by atoms with Crippen LogP contribution in [0.15, 0.2) is 12.1 Å². The first-order valence-electron chi connectivity index (χ1n) is 5.79. The molecule has 0 spiro atoms. The molecule has 0 saturated heterocycles. The van der Waals surface area contributed by atoms with Gasteiger partial charge in [0.15, 0.2) is 11.5 Å². The van der Waals surface area contributed by atoms with Crippen LogP contribution in [0.3, 0.4) is 0 Å². The van der Waals surface area contributed by atoms with Gasteiger partial charge in [-0.1, -0.05) is 0 Å². The van der Waals surface area contributed by atoms with Gasteiger partial charge < -0.3 is 25.1 Å². The highest BCUT2D eigenvalue weighted by atomic mass is 16.5. The van der Waals surface area contributed by atoms with Crippen LogP contribution in [0.4, 0.5) is 0 Å². The number of hydrogen-bond acceptors (Lipinski definition) is 5. The third kappa shape index (κ3) is 3.51. The Morgan fingerprint density at radius 1 is 1.21 bits per heavy atom. The maximum absolute atomic E-state index is 11.0. The number of carboxylic acid groups (broad SMARTS) is 1. The van der Waals surface area contributed by atoms with E-state index in [2.05, 4.69) is 0 Å². The zero-order chi connectivity index (χ0) is 14.4. The molecule has 0 fully saturated rings. The van der Waals surface area contributed by atoms with E-state index in [-0.39, 0.29) is 6.54 Å². The van der Waals surface area contributed by atoms with Crippen LogP contribution in [-0.4, -0.2) is 38.9 Å². The van der Waals surface area contributed by atoms with Crippen LogP contribution in [0.25, 0.3) is 0 Å². The highest BCUT2D eigenvalue weighted by Gasteiger charge is 2.19. The van der Waals surface area contributed by atoms with Gasteiger partial charge in [-0.15, -0.1) is 0 Å². The molecular weight excluding hydrogens is 250 g/mol. The SMILES string of the molecule is COc1cc(CC(CN)C(=O)O)cc(OC)c1OC. The first kappa shape index (κ1) is 15.1. The van der Waals surface area contributed by atoms with Crippen LogP contribution < -0.4 is 19.9 Å². The van der Waals surface area contributed by atoms with Crippen molar-refractivity contribution < 1.29 is 24.1 Å². The van der Waals surface area contributed by atoms with E-state index in [4.69, 9.17) is 25.1 Å². The molecule has 6 nitrogen and oxygen atoms in total. The van der Waals surface area contributed by atoms with Crippen LogP contribution in [0, 0.1) is 5.92 Å². The van der Waals surface area contributed by atoms with Gasteiger partial charge in [0, 0.05) is 6.54 Å². The smallest absolute Gasteiger partial charge is 0.308 e. The largest absolute Gasteiger partial charge is 0.493 e. The molecule has 0 bridgehead atoms. The Morgan fingerprint density at radius 3 is 2.05 bits per heavy atom. The Hall–Kier alpha value is -1.95. The second kappa shape index (κ2) is 6.84. The van der Waals surface area contributed by atoms with Crippen molar-refractivity contribution >= 4 is 5.97 Å². The fourth-order valence-electron chi connectivity index (χ4n) is 1.81. The molecular formula is C13H19NO5. The predicted molar refractivity (Wildman–Crippen MR) is 70.0 cm³/mol. The monoisotopic (exact) mass is 269 g/mol. The molecule has 1 aromatic rings. The van der Waals surface area contributed by atoms with E-state index in [1.807, 2.05) is 0 Å². The molecule has 1 rings (SSSR count). The summed E-state index contributed by atoms with van der Waals surface area (Å²) in [5, 5.41) is 9.02. The maximum Gasteiger partial charge on any atom is 0.308 e. The number of nitrogens with two attached hydrogens (primary N) is 1. The van der Waals surface area contributed by atoms with E-state index >= 15 is 0 Å². The third-order valence-electron chi connectivity index (χ3n) is 2.84. The summed E-state index contributed by atoms with van der Waals surface area (Å²) in [6.07, 6.45) is 0.308. The molecule has 0 radical (unpaired) electrons. The minimum Gasteiger partial charge on any atom is -0.493 e. The molecule has 0 aliphatic heterocycles. The number of aliphatic carboxylic acids is 1. The van der Waals surface area contributed by atoms with E-state index < -0.39 is 11.9 Å². The van der Waals surface area contributed by atoms with Crippen molar-refractivity contribution in [3.63, 3.8) is 0 Å². The Labute approximate surface area is 112 Å². The molecule has 0 aliphatic carbocycles. The molecule has 0 amide bonds. The number of rotatable bonds is 7. The van der Waals surface area contributed by atoms with Crippen molar-refractivity contribution in [2.75, 3.05) is 27.9 Å². The van der Waals surface area contributed by atoms with Crippen molar-refractivity contribution in [1.82, 2.24) is 0 Å². The summed E-state index contributed by atoms with van der Waals surface area (Å²) in [6, 6.07) is 3.46. The summed E-state index contributed by atoms with van der Waals surface area (Å²) in [5.74, 6) is -0.0801. The number of benzene rings is 1. The van der Waals surface area contributed by atoms with E-state index in [1.165, 1.54) is 21.3 Å². The maximum atomic E-state index is 11.0. The van der Waals surface area contributed by atoms with Crippen molar-refractivity contribution in [2.45, 2.75) is 6.42 Å². The van der Waals surface area contributed by atoms with E-state index in [0.717, 1.165) is 5.56 Å². The molecule has 1 unspecified atom stereocenters. The first-order chi connectivity index (χ1) is 9.07. The van der Waals surface area contributed by atoms with Gasteiger partial charge in [0.25, 0.3) is 0 Å². The van der Waals surface area contributed by atoms with Gasteiger partial charge in [-0.3, -0.25) is 4.79 Å². The third-order valence-corrected chi connectivity index (χ3v) is 2.84. The lowest BCUT2D eigenvalue weighted by atomic mass is 9.99. The van der Waals surface area contributed by atoms with Crippen molar-refractivity contribution in [1.29, 1.82) is 0 Å². The van der Waals surface area contributed by atoms with E-state index in [1.54, 1.807) is 12.1 Å². The summed E-state index contributed by atoms with van der Waals surface area (Å²) >= 11 is 0. The Bertz CT molecular complexity index is 422. The average Bonchev–Trinajstić information content (AvgIpc) is 2.42. The average molecular weight is 269 g/mol. The summed E-state index contributed by atoms with van der Waals surface area (Å²) < 4.78 is 15.6. The lowest BCUT2D eigenvalue weighted by molar-refractivity contribution is -0.141. The first-order valence-corrected chi connectivity index (χ1v) is 5.79. The molecule has 19 heavy (non-hydrogen) atoms. The van der Waals surface area contributed by atoms with E-state index in [0.29, 0.717) is 23.7 Å². The van der Waals surface area contributed by atoms with Crippen molar-refractivity contribution in [3.8, 4) is 17.2 Å². The molecule has 0 aromatic heterocycles. The fourth-order valence-corrected chi connectivity index (χ4v) is 1.81. The number of ether oxygens (including phenoxy) is 3. The molecule has 1 atom stereocenters. The normalized spacial score (nSPS) is 11.8. The van der Waals surface area contributed by atoms with E-state index in [9.17, 15) is 4.79 Å². The van der Waals surface area contributed by atoms with Crippen molar-refractivity contribution in [2.24, 2.45) is 11.7 Å². The van der Waals surface area contributed by atoms with Crippen LogP contribution in [-0.2, 0) is 11.2 Å². The van der Waals surface area contributed by atoms with Crippen LogP contribution >= 0.6 is 0 Å². The van der Waals surface area contributed by atoms with Gasteiger partial charge in [-0.05, 0) is 24.1 Å². The second-order valence-corrected chi connectivity index (χ2v) is 4.01. The summed E-state index contributed by atoms with van der Waals surface area (Å²) in [5.41, 5.74) is 6.22. The van der Waals surface area contributed by atoms with Gasteiger partial charge in [-0.25, -0.2) is 0 Å². The second-order valence-electron chi connectivity index (χ2n) is 4.01. The molecule has 0 saturated carbocycles. The Kier molecular flexibility index (Phi) is 5.44. The van der Waals surface area contributed by atoms with Gasteiger partial charge in [0.1, 0.15) is 0 Å². The minimum atomic E-state index is -0.920. The highest BCUT2D eigenvalue weighted by molar-refractivity contribution is 5.71. The summed E-state index contributed by atoms with van der Waals surface area (Å²) in [4.78, 5) is 11.0. The van der Waals surface area contributed by atoms with Crippen LogP contribution in [0.2, 0.25) is 0 Å². The predicted octanol–water partition coefficient (Wildman–Crippen LogP) is 0.914. The lowest BCUT2D eigenvalue weighted by Gasteiger charge is -2.15. The number of carbonyl (C=O) groups is 1. The zero-order valence-corrected chi connectivity index (χ0v) is 11.3. The standard InChI is InChI=1S/C13H19NO5/c1-17-10-5-8(4-9(7-14)13(15)16)6-11(18-2)12(10)19-3/h5-6,9H,4,7,14H2,1-3H3,(H,15,16). The summed E-state index contributed by atoms with van der Waals surface area (Å²) in [7, 11) is 4.54. The topological polar surface area (TPSA) is 91.0 Å². The van der Waals surface area contributed by atoms with Crippen molar-refractivity contribution in [3.05, 3.63) is 17.7 Å². The summed E-state index contributed by atoms with van der Waals surface area (Å²) in [6.45, 7) is 0.0754. The Balaban J connectivity index is 3.12. The lowest BCUT2D eigenvalue weighted by Crippen LogP contribution is -2.25. The Morgan fingerprint density at radius 2 is 1.74 bits per heavy atom. The van der Waals surface area contributed by atoms with Gasteiger partial charge in [0.05, 0.1) is 27.2 Å². The van der Waals surface area contributed by atoms with Gasteiger partial charge in [-0.2, -0.15) is 0 Å². The molecule has 106 valence electrons. The highest BCUT2D eigenvalue weighted by Crippen LogP contribution is 2.38. The fraction of sp³-hybridized carbons (Fsp3) is 0.462. The zero-order valence-electron chi connectivity index (χ0n) is 11.3. The molecule has 3 N–H and O–H groups in total. The molecule has 0 heterocycles. The number of carboxylic acids is 1. The minimum absolute atomic E-state index is 0.0754. The number of methoxy groups -OCH3 is 3. The van der Waals surface area contributed by atoms with Gasteiger partial charge in [0.2, 0.25) is 5.75 Å². The quantitative estimate of drug-likeness (QED) is 0.764. The van der Waals surface area contributed by atoms with Gasteiger partial charge >= 0.3 is 5.97 Å². The molecule has 0 aliphatic rings. The molecule has 6 heteroatoms.